The predicted molar refractivity (Wildman–Crippen MR) is 66.3 cm³/mol. The van der Waals surface area contributed by atoms with Gasteiger partial charge in [-0.1, -0.05) is 12.1 Å². The van der Waals surface area contributed by atoms with Crippen LogP contribution in [0.3, 0.4) is 0 Å². The molecule has 1 aromatic rings. The zero-order chi connectivity index (χ0) is 12.4. The van der Waals surface area contributed by atoms with Crippen molar-refractivity contribution >= 4 is 17.4 Å². The van der Waals surface area contributed by atoms with Crippen LogP contribution in [0.5, 0.6) is 0 Å². The van der Waals surface area contributed by atoms with Gasteiger partial charge in [-0.15, -0.1) is 11.8 Å². The first kappa shape index (κ1) is 11.9. The number of hydrogen-bond donors (Lipinski definition) is 2. The molecule has 90 valence electrons. The summed E-state index contributed by atoms with van der Waals surface area (Å²) in [5.74, 6) is 0. The third kappa shape index (κ3) is 2.59. The van der Waals surface area contributed by atoms with Gasteiger partial charge in [0.1, 0.15) is 5.37 Å². The van der Waals surface area contributed by atoms with Crippen molar-refractivity contribution in [2.75, 3.05) is 0 Å². The standard InChI is InChI=1S/C11H12N2O3S/c1-7(14)10-6-17-11(12-10)8-3-2-4-9(5-8)13(15)16/h2-7,11-12,14H,1H3. The van der Waals surface area contributed by atoms with E-state index in [0.717, 1.165) is 11.3 Å². The lowest BCUT2D eigenvalue weighted by molar-refractivity contribution is -0.384. The fraction of sp³-hybridized carbons (Fsp3) is 0.273. The number of nitro groups is 1. The van der Waals surface area contributed by atoms with E-state index in [1.807, 2.05) is 11.5 Å². The monoisotopic (exact) mass is 252 g/mol. The van der Waals surface area contributed by atoms with Gasteiger partial charge in [-0.3, -0.25) is 10.1 Å². The Morgan fingerprint density at radius 1 is 1.59 bits per heavy atom. The van der Waals surface area contributed by atoms with Gasteiger partial charge in [0.05, 0.1) is 11.0 Å². The number of rotatable bonds is 3. The van der Waals surface area contributed by atoms with E-state index in [9.17, 15) is 15.2 Å². The molecule has 0 saturated heterocycles. The number of nitro benzene ring substituents is 1. The molecule has 1 aliphatic heterocycles. The van der Waals surface area contributed by atoms with Crippen LogP contribution in [0.2, 0.25) is 0 Å². The maximum absolute atomic E-state index is 10.7. The molecule has 0 radical (unpaired) electrons. The zero-order valence-corrected chi connectivity index (χ0v) is 9.98. The van der Waals surface area contributed by atoms with Crippen molar-refractivity contribution < 1.29 is 10.0 Å². The van der Waals surface area contributed by atoms with Crippen LogP contribution in [0.1, 0.15) is 17.9 Å². The Balaban J connectivity index is 2.15. The molecule has 0 amide bonds. The molecule has 1 aromatic carbocycles. The van der Waals surface area contributed by atoms with Crippen molar-refractivity contribution in [3.8, 4) is 0 Å². The van der Waals surface area contributed by atoms with Crippen LogP contribution in [0, 0.1) is 10.1 Å². The van der Waals surface area contributed by atoms with E-state index >= 15 is 0 Å². The number of nitrogens with one attached hydrogen (secondary N) is 1. The Morgan fingerprint density at radius 3 is 2.94 bits per heavy atom. The van der Waals surface area contributed by atoms with Gasteiger partial charge < -0.3 is 10.4 Å². The molecule has 17 heavy (non-hydrogen) atoms. The minimum atomic E-state index is -0.550. The van der Waals surface area contributed by atoms with Gasteiger partial charge in [-0.05, 0) is 17.9 Å². The molecular weight excluding hydrogens is 240 g/mol. The van der Waals surface area contributed by atoms with Crippen molar-refractivity contribution in [3.05, 3.63) is 51.0 Å². The van der Waals surface area contributed by atoms with Crippen molar-refractivity contribution in [2.45, 2.75) is 18.4 Å². The Hall–Kier alpha value is -1.53. The summed E-state index contributed by atoms with van der Waals surface area (Å²) in [6.45, 7) is 1.68. The Bertz CT molecular complexity index is 474. The second-order valence-corrected chi connectivity index (χ2v) is 4.74. The normalized spacial score (nSPS) is 20.6. The van der Waals surface area contributed by atoms with Gasteiger partial charge in [0.25, 0.3) is 5.69 Å². The van der Waals surface area contributed by atoms with Crippen LogP contribution in [0.25, 0.3) is 0 Å². The molecule has 2 N–H and O–H groups in total. The molecular formula is C11H12N2O3S. The average Bonchev–Trinajstić information content (AvgIpc) is 2.78. The fourth-order valence-electron chi connectivity index (χ4n) is 1.54. The lowest BCUT2D eigenvalue weighted by Gasteiger charge is -2.14. The molecule has 2 unspecified atom stereocenters. The van der Waals surface area contributed by atoms with Crippen molar-refractivity contribution in [3.63, 3.8) is 0 Å². The van der Waals surface area contributed by atoms with Gasteiger partial charge in [-0.2, -0.15) is 0 Å². The molecule has 0 fully saturated rings. The Labute approximate surface area is 103 Å². The molecule has 6 heteroatoms. The highest BCUT2D eigenvalue weighted by atomic mass is 32.2. The molecule has 0 saturated carbocycles. The average molecular weight is 252 g/mol. The number of aliphatic hydroxyl groups excluding tert-OH is 1. The Kier molecular flexibility index (Phi) is 3.35. The third-order valence-electron chi connectivity index (χ3n) is 2.46. The van der Waals surface area contributed by atoms with E-state index in [2.05, 4.69) is 5.32 Å². The lowest BCUT2D eigenvalue weighted by Crippen LogP contribution is -2.20. The van der Waals surface area contributed by atoms with Gasteiger partial charge >= 0.3 is 0 Å². The fourth-order valence-corrected chi connectivity index (χ4v) is 2.60. The van der Waals surface area contributed by atoms with Crippen molar-refractivity contribution in [1.82, 2.24) is 5.32 Å². The van der Waals surface area contributed by atoms with Crippen LogP contribution in [0.15, 0.2) is 35.4 Å². The predicted octanol–water partition coefficient (Wildman–Crippen LogP) is 2.15. The van der Waals surface area contributed by atoms with Crippen LogP contribution in [0.4, 0.5) is 5.69 Å². The highest BCUT2D eigenvalue weighted by molar-refractivity contribution is 8.02. The number of hydrogen-bond acceptors (Lipinski definition) is 5. The molecule has 2 atom stereocenters. The van der Waals surface area contributed by atoms with E-state index in [0.29, 0.717) is 0 Å². The van der Waals surface area contributed by atoms with Gasteiger partial charge in [0, 0.05) is 17.8 Å². The molecule has 0 spiro atoms. The number of thioether (sulfide) groups is 1. The topological polar surface area (TPSA) is 75.4 Å². The van der Waals surface area contributed by atoms with Gasteiger partial charge in [0.15, 0.2) is 0 Å². The van der Waals surface area contributed by atoms with Gasteiger partial charge in [-0.25, -0.2) is 0 Å². The summed E-state index contributed by atoms with van der Waals surface area (Å²) >= 11 is 1.50. The van der Waals surface area contributed by atoms with E-state index < -0.39 is 11.0 Å². The van der Waals surface area contributed by atoms with Crippen molar-refractivity contribution in [1.29, 1.82) is 0 Å². The molecule has 0 aromatic heterocycles. The van der Waals surface area contributed by atoms with E-state index in [1.54, 1.807) is 19.1 Å². The second kappa shape index (κ2) is 4.77. The summed E-state index contributed by atoms with van der Waals surface area (Å²) in [4.78, 5) is 10.3. The largest absolute Gasteiger partial charge is 0.387 e. The van der Waals surface area contributed by atoms with Crippen LogP contribution in [-0.4, -0.2) is 16.1 Å². The van der Waals surface area contributed by atoms with E-state index in [-0.39, 0.29) is 11.1 Å². The molecule has 0 bridgehead atoms. The van der Waals surface area contributed by atoms with Crippen LogP contribution in [-0.2, 0) is 0 Å². The summed E-state index contributed by atoms with van der Waals surface area (Å²) in [6, 6.07) is 6.50. The third-order valence-corrected chi connectivity index (χ3v) is 3.51. The first-order valence-corrected chi connectivity index (χ1v) is 6.06. The molecule has 1 aliphatic rings. The second-order valence-electron chi connectivity index (χ2n) is 3.76. The van der Waals surface area contributed by atoms with E-state index in [1.165, 1.54) is 17.8 Å². The maximum Gasteiger partial charge on any atom is 0.269 e. The SMILES string of the molecule is CC(O)C1=CSC(c2cccc([N+](=O)[O-])c2)N1. The zero-order valence-electron chi connectivity index (χ0n) is 9.16. The van der Waals surface area contributed by atoms with Crippen LogP contribution >= 0.6 is 11.8 Å². The lowest BCUT2D eigenvalue weighted by atomic mass is 10.2. The van der Waals surface area contributed by atoms with Gasteiger partial charge in [0.2, 0.25) is 0 Å². The van der Waals surface area contributed by atoms with Crippen molar-refractivity contribution in [2.24, 2.45) is 0 Å². The number of aliphatic hydroxyl groups is 1. The molecule has 0 aliphatic carbocycles. The first-order chi connectivity index (χ1) is 8.08. The maximum atomic E-state index is 10.7. The Morgan fingerprint density at radius 2 is 2.35 bits per heavy atom. The smallest absolute Gasteiger partial charge is 0.269 e. The summed E-state index contributed by atoms with van der Waals surface area (Å²) in [5.41, 5.74) is 1.65. The van der Waals surface area contributed by atoms with Crippen LogP contribution < -0.4 is 5.32 Å². The minimum absolute atomic E-state index is 0.0699. The molecule has 2 rings (SSSR count). The summed E-state index contributed by atoms with van der Waals surface area (Å²) in [7, 11) is 0. The summed E-state index contributed by atoms with van der Waals surface area (Å²) in [6.07, 6.45) is -0.550. The first-order valence-electron chi connectivity index (χ1n) is 5.12. The number of nitrogens with zero attached hydrogens (tertiary/aromatic N) is 1. The summed E-state index contributed by atoms with van der Waals surface area (Å²) < 4.78 is 0. The number of benzene rings is 1. The summed E-state index contributed by atoms with van der Waals surface area (Å²) in [5, 5.41) is 25.0. The number of non-ortho nitro benzene ring substituents is 1. The molecule has 1 heterocycles. The molecule has 5 nitrogen and oxygen atoms in total. The minimum Gasteiger partial charge on any atom is -0.387 e. The van der Waals surface area contributed by atoms with E-state index in [4.69, 9.17) is 0 Å². The highest BCUT2D eigenvalue weighted by Gasteiger charge is 2.22. The highest BCUT2D eigenvalue weighted by Crippen LogP contribution is 2.35. The quantitative estimate of drug-likeness (QED) is 0.637.